The molecule has 1 N–H and O–H groups in total. The lowest BCUT2D eigenvalue weighted by atomic mass is 10.1. The zero-order valence-electron chi connectivity index (χ0n) is 14.4. The Morgan fingerprint density at radius 3 is 2.69 bits per heavy atom. The molecule has 6 nitrogen and oxygen atoms in total. The molecule has 1 fully saturated rings. The van der Waals surface area contributed by atoms with Gasteiger partial charge in [-0.1, -0.05) is 18.2 Å². The van der Waals surface area contributed by atoms with E-state index < -0.39 is 15.7 Å². The van der Waals surface area contributed by atoms with Gasteiger partial charge in [0.05, 0.1) is 29.8 Å². The number of amides is 1. The van der Waals surface area contributed by atoms with Crippen molar-refractivity contribution in [3.05, 3.63) is 54.0 Å². The van der Waals surface area contributed by atoms with Crippen LogP contribution in [0.1, 0.15) is 12.0 Å². The maximum atomic E-state index is 13.6. The standard InChI is InChI=1S/C18H20FN3O3S/c1-22(15-8-9-26(24,25)12-15)17-7-6-14(11-20-17)21-18(23)10-13-4-2-3-5-16(13)19/h2-7,11,15H,8-10,12H2,1H3,(H,21,23). The first-order chi connectivity index (χ1) is 12.3. The summed E-state index contributed by atoms with van der Waals surface area (Å²) in [5, 5.41) is 2.68. The molecule has 2 aromatic rings. The molecule has 0 bridgehead atoms. The van der Waals surface area contributed by atoms with Crippen molar-refractivity contribution in [2.75, 3.05) is 28.8 Å². The number of sulfone groups is 1. The summed E-state index contributed by atoms with van der Waals surface area (Å²) < 4.78 is 36.8. The third-order valence-electron chi connectivity index (χ3n) is 4.46. The molecule has 1 aliphatic heterocycles. The van der Waals surface area contributed by atoms with Crippen molar-refractivity contribution in [1.29, 1.82) is 0 Å². The molecule has 1 atom stereocenters. The number of nitrogens with zero attached hydrogens (tertiary/aromatic N) is 2. The van der Waals surface area contributed by atoms with Gasteiger partial charge in [0.2, 0.25) is 5.91 Å². The molecule has 3 rings (SSSR count). The Kier molecular flexibility index (Phi) is 5.22. The molecule has 0 spiro atoms. The van der Waals surface area contributed by atoms with Gasteiger partial charge < -0.3 is 10.2 Å². The number of halogens is 1. The van der Waals surface area contributed by atoms with E-state index in [2.05, 4.69) is 10.3 Å². The van der Waals surface area contributed by atoms with Gasteiger partial charge in [-0.2, -0.15) is 0 Å². The fourth-order valence-corrected chi connectivity index (χ4v) is 4.73. The Hall–Kier alpha value is -2.48. The Balaban J connectivity index is 1.61. The van der Waals surface area contributed by atoms with Gasteiger partial charge in [-0.25, -0.2) is 17.8 Å². The van der Waals surface area contributed by atoms with Gasteiger partial charge in [0.1, 0.15) is 11.6 Å². The Morgan fingerprint density at radius 2 is 2.08 bits per heavy atom. The van der Waals surface area contributed by atoms with Crippen molar-refractivity contribution >= 4 is 27.2 Å². The highest BCUT2D eigenvalue weighted by Crippen LogP contribution is 2.22. The first-order valence-electron chi connectivity index (χ1n) is 8.26. The highest BCUT2D eigenvalue weighted by Gasteiger charge is 2.31. The molecule has 1 saturated heterocycles. The van der Waals surface area contributed by atoms with Crippen molar-refractivity contribution in [3.8, 4) is 0 Å². The molecule has 1 aliphatic rings. The molecule has 26 heavy (non-hydrogen) atoms. The van der Waals surface area contributed by atoms with E-state index >= 15 is 0 Å². The zero-order valence-corrected chi connectivity index (χ0v) is 15.2. The van der Waals surface area contributed by atoms with Gasteiger partial charge in [-0.3, -0.25) is 4.79 Å². The van der Waals surface area contributed by atoms with Crippen molar-refractivity contribution in [1.82, 2.24) is 4.98 Å². The van der Waals surface area contributed by atoms with Crippen LogP contribution >= 0.6 is 0 Å². The second-order valence-electron chi connectivity index (χ2n) is 6.39. The van der Waals surface area contributed by atoms with E-state index in [1.165, 1.54) is 12.3 Å². The van der Waals surface area contributed by atoms with Crippen LogP contribution in [0, 0.1) is 5.82 Å². The second kappa shape index (κ2) is 7.41. The number of nitrogens with one attached hydrogen (secondary N) is 1. The first kappa shape index (κ1) is 18.3. The molecule has 1 unspecified atom stereocenters. The first-order valence-corrected chi connectivity index (χ1v) is 10.1. The number of anilines is 2. The van der Waals surface area contributed by atoms with Crippen LogP contribution in [0.3, 0.4) is 0 Å². The van der Waals surface area contributed by atoms with Crippen LogP contribution in [0.2, 0.25) is 0 Å². The summed E-state index contributed by atoms with van der Waals surface area (Å²) >= 11 is 0. The van der Waals surface area contributed by atoms with Gasteiger partial charge >= 0.3 is 0 Å². The molecular formula is C18H20FN3O3S. The number of pyridine rings is 1. The number of benzene rings is 1. The van der Waals surface area contributed by atoms with E-state index in [0.29, 0.717) is 23.5 Å². The molecule has 2 heterocycles. The molecule has 0 aliphatic carbocycles. The largest absolute Gasteiger partial charge is 0.356 e. The summed E-state index contributed by atoms with van der Waals surface area (Å²) in [6.07, 6.45) is 2.03. The number of hydrogen-bond donors (Lipinski definition) is 1. The number of carbonyl (C=O) groups excluding carboxylic acids is 1. The maximum absolute atomic E-state index is 13.6. The average Bonchev–Trinajstić information content (AvgIpc) is 2.97. The molecular weight excluding hydrogens is 357 g/mol. The van der Waals surface area contributed by atoms with E-state index in [4.69, 9.17) is 0 Å². The van der Waals surface area contributed by atoms with Crippen LogP contribution in [0.15, 0.2) is 42.6 Å². The van der Waals surface area contributed by atoms with Crippen LogP contribution in [-0.2, 0) is 21.1 Å². The van der Waals surface area contributed by atoms with E-state index in [9.17, 15) is 17.6 Å². The lowest BCUT2D eigenvalue weighted by Gasteiger charge is -2.24. The van der Waals surface area contributed by atoms with Crippen LogP contribution in [0.5, 0.6) is 0 Å². The highest BCUT2D eigenvalue weighted by molar-refractivity contribution is 7.91. The van der Waals surface area contributed by atoms with Crippen LogP contribution in [-0.4, -0.2) is 43.9 Å². The molecule has 8 heteroatoms. The zero-order chi connectivity index (χ0) is 18.7. The minimum atomic E-state index is -2.96. The molecule has 138 valence electrons. The monoisotopic (exact) mass is 377 g/mol. The summed E-state index contributed by atoms with van der Waals surface area (Å²) in [7, 11) is -1.15. The Morgan fingerprint density at radius 1 is 1.31 bits per heavy atom. The van der Waals surface area contributed by atoms with Gasteiger partial charge in [-0.15, -0.1) is 0 Å². The van der Waals surface area contributed by atoms with E-state index in [-0.39, 0.29) is 29.9 Å². The smallest absolute Gasteiger partial charge is 0.228 e. The van der Waals surface area contributed by atoms with Gasteiger partial charge in [0.15, 0.2) is 9.84 Å². The third kappa shape index (κ3) is 4.37. The quantitative estimate of drug-likeness (QED) is 0.862. The molecule has 1 amide bonds. The van der Waals surface area contributed by atoms with Crippen LogP contribution in [0.25, 0.3) is 0 Å². The van der Waals surface area contributed by atoms with Crippen LogP contribution < -0.4 is 10.2 Å². The van der Waals surface area contributed by atoms with E-state index in [1.807, 2.05) is 11.9 Å². The number of hydrogen-bond acceptors (Lipinski definition) is 5. The van der Waals surface area contributed by atoms with Crippen molar-refractivity contribution < 1.29 is 17.6 Å². The van der Waals surface area contributed by atoms with Crippen molar-refractivity contribution in [3.63, 3.8) is 0 Å². The van der Waals surface area contributed by atoms with Crippen LogP contribution in [0.4, 0.5) is 15.9 Å². The predicted octanol–water partition coefficient (Wildman–Crippen LogP) is 2.03. The van der Waals surface area contributed by atoms with Gasteiger partial charge in [-0.05, 0) is 30.2 Å². The average molecular weight is 377 g/mol. The predicted molar refractivity (Wildman–Crippen MR) is 98.4 cm³/mol. The lowest BCUT2D eigenvalue weighted by Crippen LogP contribution is -2.33. The SMILES string of the molecule is CN(c1ccc(NC(=O)Cc2ccccc2F)cn1)C1CCS(=O)(=O)C1. The highest BCUT2D eigenvalue weighted by atomic mass is 32.2. The molecule has 0 saturated carbocycles. The van der Waals surface area contributed by atoms with E-state index in [0.717, 1.165) is 0 Å². The Labute approximate surface area is 152 Å². The summed E-state index contributed by atoms with van der Waals surface area (Å²) in [5.41, 5.74) is 0.833. The fraction of sp³-hybridized carbons (Fsp3) is 0.333. The summed E-state index contributed by atoms with van der Waals surface area (Å²) in [6.45, 7) is 0. The van der Waals surface area contributed by atoms with E-state index in [1.54, 1.807) is 30.3 Å². The second-order valence-corrected chi connectivity index (χ2v) is 8.62. The van der Waals surface area contributed by atoms with Gasteiger partial charge in [0.25, 0.3) is 0 Å². The number of aromatic nitrogens is 1. The van der Waals surface area contributed by atoms with Crippen molar-refractivity contribution in [2.24, 2.45) is 0 Å². The summed E-state index contributed by atoms with van der Waals surface area (Å²) in [6, 6.07) is 9.48. The third-order valence-corrected chi connectivity index (χ3v) is 6.21. The Bertz CT molecular complexity index is 900. The van der Waals surface area contributed by atoms with Crippen molar-refractivity contribution in [2.45, 2.75) is 18.9 Å². The minimum Gasteiger partial charge on any atom is -0.356 e. The fourth-order valence-electron chi connectivity index (χ4n) is 2.96. The lowest BCUT2D eigenvalue weighted by molar-refractivity contribution is -0.115. The number of carbonyl (C=O) groups is 1. The normalized spacial score (nSPS) is 18.5. The molecule has 0 radical (unpaired) electrons. The number of rotatable bonds is 5. The molecule has 1 aromatic carbocycles. The maximum Gasteiger partial charge on any atom is 0.228 e. The topological polar surface area (TPSA) is 79.4 Å². The minimum absolute atomic E-state index is 0.0612. The summed E-state index contributed by atoms with van der Waals surface area (Å²) in [4.78, 5) is 18.2. The summed E-state index contributed by atoms with van der Waals surface area (Å²) in [5.74, 6) is 0.224. The molecule has 1 aromatic heterocycles. The van der Waals surface area contributed by atoms with Gasteiger partial charge in [0, 0.05) is 13.1 Å².